The van der Waals surface area contributed by atoms with Crippen LogP contribution in [-0.4, -0.2) is 6.54 Å². The van der Waals surface area contributed by atoms with E-state index in [1.54, 1.807) is 0 Å². The molecule has 0 unspecified atom stereocenters. The van der Waals surface area contributed by atoms with Gasteiger partial charge < -0.3 is 5.32 Å². The van der Waals surface area contributed by atoms with Crippen LogP contribution < -0.4 is 5.32 Å². The minimum absolute atomic E-state index is 0.593. The Morgan fingerprint density at radius 3 is 2.80 bits per heavy atom. The molecule has 0 spiro atoms. The fourth-order valence-electron chi connectivity index (χ4n) is 2.74. The molecule has 0 aromatic heterocycles. The molecule has 82 valence electrons. The molecule has 2 atom stereocenters. The first-order valence-corrected chi connectivity index (χ1v) is 6.03. The van der Waals surface area contributed by atoms with Crippen LogP contribution in [-0.2, 0) is 0 Å². The Kier molecular flexibility index (Phi) is 3.11. The van der Waals surface area contributed by atoms with Gasteiger partial charge in [0, 0.05) is 6.04 Å². The van der Waals surface area contributed by atoms with Gasteiger partial charge in [-0.2, -0.15) is 0 Å². The fraction of sp³-hybridized carbons (Fsp3) is 0.571. The molecule has 2 rings (SSSR count). The van der Waals surface area contributed by atoms with Crippen molar-refractivity contribution in [3.63, 3.8) is 0 Å². The molecular weight excluding hydrogens is 182 g/mol. The van der Waals surface area contributed by atoms with Gasteiger partial charge in [-0.05, 0) is 43.9 Å². The summed E-state index contributed by atoms with van der Waals surface area (Å²) in [4.78, 5) is 0. The molecule has 0 radical (unpaired) electrons. The SMILES string of the molecule is CC[C@H]1CCN[C@H]1c1ccc(C)cc1C. The van der Waals surface area contributed by atoms with E-state index < -0.39 is 0 Å². The predicted octanol–water partition coefficient (Wildman–Crippen LogP) is 3.36. The van der Waals surface area contributed by atoms with Crippen molar-refractivity contribution in [3.05, 3.63) is 34.9 Å². The molecular formula is C14H21N. The second kappa shape index (κ2) is 4.36. The largest absolute Gasteiger partial charge is 0.310 e. The Morgan fingerprint density at radius 1 is 1.33 bits per heavy atom. The first-order chi connectivity index (χ1) is 7.22. The predicted molar refractivity (Wildman–Crippen MR) is 65.1 cm³/mol. The quantitative estimate of drug-likeness (QED) is 0.777. The lowest BCUT2D eigenvalue weighted by Crippen LogP contribution is -2.18. The third-order valence-corrected chi connectivity index (χ3v) is 3.64. The Balaban J connectivity index is 2.28. The first kappa shape index (κ1) is 10.7. The van der Waals surface area contributed by atoms with Crippen molar-refractivity contribution in [3.8, 4) is 0 Å². The van der Waals surface area contributed by atoms with Crippen LogP contribution in [0, 0.1) is 19.8 Å². The van der Waals surface area contributed by atoms with Crippen LogP contribution in [0.5, 0.6) is 0 Å². The standard InChI is InChI=1S/C14H21N/c1-4-12-7-8-15-14(12)13-6-5-10(2)9-11(13)3/h5-6,9,12,14-15H,4,7-8H2,1-3H3/t12-,14+/m0/s1. The van der Waals surface area contributed by atoms with Gasteiger partial charge in [-0.3, -0.25) is 0 Å². The van der Waals surface area contributed by atoms with Gasteiger partial charge in [0.2, 0.25) is 0 Å². The number of benzene rings is 1. The third-order valence-electron chi connectivity index (χ3n) is 3.64. The molecule has 1 aliphatic rings. The molecule has 1 aliphatic heterocycles. The highest BCUT2D eigenvalue weighted by Crippen LogP contribution is 2.33. The highest BCUT2D eigenvalue weighted by atomic mass is 15.0. The van der Waals surface area contributed by atoms with Crippen LogP contribution in [0.4, 0.5) is 0 Å². The van der Waals surface area contributed by atoms with E-state index in [2.05, 4.69) is 44.3 Å². The maximum Gasteiger partial charge on any atom is 0.0351 e. The van der Waals surface area contributed by atoms with Crippen LogP contribution in [0.3, 0.4) is 0 Å². The summed E-state index contributed by atoms with van der Waals surface area (Å²) >= 11 is 0. The van der Waals surface area contributed by atoms with Crippen LogP contribution in [0.15, 0.2) is 18.2 Å². The summed E-state index contributed by atoms with van der Waals surface area (Å²) in [6, 6.07) is 7.42. The minimum atomic E-state index is 0.593. The monoisotopic (exact) mass is 203 g/mol. The van der Waals surface area contributed by atoms with Gasteiger partial charge in [0.25, 0.3) is 0 Å². The summed E-state index contributed by atoms with van der Waals surface area (Å²) in [7, 11) is 0. The summed E-state index contributed by atoms with van der Waals surface area (Å²) in [6.07, 6.45) is 2.61. The van der Waals surface area contributed by atoms with Crippen molar-refractivity contribution in [2.45, 2.75) is 39.7 Å². The van der Waals surface area contributed by atoms with E-state index in [-0.39, 0.29) is 0 Å². The summed E-state index contributed by atoms with van der Waals surface area (Å²) in [6.45, 7) is 7.87. The lowest BCUT2D eigenvalue weighted by molar-refractivity contribution is 0.448. The molecule has 1 heterocycles. The number of aryl methyl sites for hydroxylation is 2. The number of hydrogen-bond donors (Lipinski definition) is 1. The van der Waals surface area contributed by atoms with Crippen molar-refractivity contribution in [2.75, 3.05) is 6.54 Å². The van der Waals surface area contributed by atoms with E-state index in [1.165, 1.54) is 36.1 Å². The summed E-state index contributed by atoms with van der Waals surface area (Å²) in [5.41, 5.74) is 4.31. The molecule has 1 heteroatoms. The lowest BCUT2D eigenvalue weighted by atomic mass is 9.89. The zero-order valence-electron chi connectivity index (χ0n) is 10.0. The van der Waals surface area contributed by atoms with Gasteiger partial charge in [0.05, 0.1) is 0 Å². The van der Waals surface area contributed by atoms with Gasteiger partial charge in [-0.25, -0.2) is 0 Å². The van der Waals surface area contributed by atoms with Gasteiger partial charge in [0.15, 0.2) is 0 Å². The van der Waals surface area contributed by atoms with Gasteiger partial charge in [-0.15, -0.1) is 0 Å². The molecule has 0 aliphatic carbocycles. The second-order valence-electron chi connectivity index (χ2n) is 4.75. The van der Waals surface area contributed by atoms with Crippen molar-refractivity contribution in [1.82, 2.24) is 5.32 Å². The minimum Gasteiger partial charge on any atom is -0.310 e. The third kappa shape index (κ3) is 2.07. The second-order valence-corrected chi connectivity index (χ2v) is 4.75. The molecule has 1 N–H and O–H groups in total. The normalized spacial score (nSPS) is 25.8. The van der Waals surface area contributed by atoms with Crippen LogP contribution in [0.2, 0.25) is 0 Å². The van der Waals surface area contributed by atoms with Gasteiger partial charge in [-0.1, -0.05) is 37.1 Å². The van der Waals surface area contributed by atoms with E-state index in [0.717, 1.165) is 5.92 Å². The number of nitrogens with one attached hydrogen (secondary N) is 1. The van der Waals surface area contributed by atoms with E-state index in [9.17, 15) is 0 Å². The number of rotatable bonds is 2. The average molecular weight is 203 g/mol. The molecule has 0 bridgehead atoms. The molecule has 1 aromatic carbocycles. The molecule has 1 aromatic rings. The topological polar surface area (TPSA) is 12.0 Å². The Labute approximate surface area is 92.9 Å². The van der Waals surface area contributed by atoms with E-state index in [4.69, 9.17) is 0 Å². The molecule has 1 saturated heterocycles. The lowest BCUT2D eigenvalue weighted by Gasteiger charge is -2.20. The van der Waals surface area contributed by atoms with Crippen molar-refractivity contribution in [1.29, 1.82) is 0 Å². The maximum atomic E-state index is 3.63. The van der Waals surface area contributed by atoms with Gasteiger partial charge >= 0.3 is 0 Å². The average Bonchev–Trinajstić information content (AvgIpc) is 2.65. The Bertz CT molecular complexity index is 343. The highest BCUT2D eigenvalue weighted by Gasteiger charge is 2.27. The van der Waals surface area contributed by atoms with Crippen molar-refractivity contribution >= 4 is 0 Å². The highest BCUT2D eigenvalue weighted by molar-refractivity contribution is 5.33. The Hall–Kier alpha value is -0.820. The van der Waals surface area contributed by atoms with Crippen LogP contribution in [0.1, 0.15) is 42.5 Å². The van der Waals surface area contributed by atoms with Crippen molar-refractivity contribution in [2.24, 2.45) is 5.92 Å². The molecule has 1 nitrogen and oxygen atoms in total. The number of hydrogen-bond acceptors (Lipinski definition) is 1. The zero-order valence-corrected chi connectivity index (χ0v) is 10.0. The summed E-state index contributed by atoms with van der Waals surface area (Å²) < 4.78 is 0. The Morgan fingerprint density at radius 2 is 2.13 bits per heavy atom. The van der Waals surface area contributed by atoms with E-state index >= 15 is 0 Å². The smallest absolute Gasteiger partial charge is 0.0351 e. The van der Waals surface area contributed by atoms with E-state index in [1.807, 2.05) is 0 Å². The van der Waals surface area contributed by atoms with Crippen LogP contribution >= 0.6 is 0 Å². The zero-order chi connectivity index (χ0) is 10.8. The summed E-state index contributed by atoms with van der Waals surface area (Å²) in [5.74, 6) is 0.825. The molecule has 0 saturated carbocycles. The van der Waals surface area contributed by atoms with Crippen LogP contribution in [0.25, 0.3) is 0 Å². The fourth-order valence-corrected chi connectivity index (χ4v) is 2.74. The molecule has 0 amide bonds. The molecule has 1 fully saturated rings. The van der Waals surface area contributed by atoms with E-state index in [0.29, 0.717) is 6.04 Å². The maximum absolute atomic E-state index is 3.63. The molecule has 15 heavy (non-hydrogen) atoms. The summed E-state index contributed by atoms with van der Waals surface area (Å²) in [5, 5.41) is 3.63. The first-order valence-electron chi connectivity index (χ1n) is 6.03. The van der Waals surface area contributed by atoms with Gasteiger partial charge in [0.1, 0.15) is 0 Å². The van der Waals surface area contributed by atoms with Crippen molar-refractivity contribution < 1.29 is 0 Å².